The molecule has 1 fully saturated rings. The number of amides is 1. The minimum Gasteiger partial charge on any atom is -0.381 e. The first kappa shape index (κ1) is 13.4. The maximum Gasteiger partial charge on any atom is 0.234 e. The second kappa shape index (κ2) is 6.85. The van der Waals surface area contributed by atoms with Gasteiger partial charge in [-0.2, -0.15) is 0 Å². The molecular formula is C9H17N3O3S. The molecule has 2 atom stereocenters. The quantitative estimate of drug-likeness (QED) is 0.452. The lowest BCUT2D eigenvalue weighted by Crippen LogP contribution is -2.46. The Morgan fingerprint density at radius 3 is 3.12 bits per heavy atom. The highest BCUT2D eigenvalue weighted by molar-refractivity contribution is 7.99. The third kappa shape index (κ3) is 4.48. The second-order valence-corrected chi connectivity index (χ2v) is 4.82. The number of aliphatic hydroxyl groups excluding tert-OH is 1. The summed E-state index contributed by atoms with van der Waals surface area (Å²) >= 11 is 1.36. The van der Waals surface area contributed by atoms with Crippen LogP contribution in [0.2, 0.25) is 0 Å². The summed E-state index contributed by atoms with van der Waals surface area (Å²) in [6, 6.07) is -0.499. The van der Waals surface area contributed by atoms with Crippen molar-refractivity contribution in [2.24, 2.45) is 5.73 Å². The lowest BCUT2D eigenvalue weighted by atomic mass is 10.1. The Hall–Kier alpha value is -0.630. The van der Waals surface area contributed by atoms with Crippen molar-refractivity contribution in [1.82, 2.24) is 10.6 Å². The van der Waals surface area contributed by atoms with Gasteiger partial charge in [0.2, 0.25) is 5.91 Å². The van der Waals surface area contributed by atoms with Crippen LogP contribution in [0.5, 0.6) is 0 Å². The number of nitrogens with one attached hydrogen (secondary N) is 2. The van der Waals surface area contributed by atoms with E-state index in [1.54, 1.807) is 0 Å². The summed E-state index contributed by atoms with van der Waals surface area (Å²) in [5.74, 6) is 0.226. The number of carbonyl (C=O) groups is 2. The van der Waals surface area contributed by atoms with Crippen molar-refractivity contribution in [1.29, 1.82) is 0 Å². The van der Waals surface area contributed by atoms with Crippen molar-refractivity contribution >= 4 is 23.5 Å². The van der Waals surface area contributed by atoms with E-state index in [9.17, 15) is 14.7 Å². The van der Waals surface area contributed by atoms with Crippen LogP contribution in [-0.4, -0.2) is 53.7 Å². The average Bonchev–Trinajstić information content (AvgIpc) is 2.32. The highest BCUT2D eigenvalue weighted by Gasteiger charge is 2.22. The topological polar surface area (TPSA) is 104 Å². The average molecular weight is 247 g/mol. The molecule has 0 saturated carbocycles. The number of hydrogen-bond donors (Lipinski definition) is 4. The standard InChI is InChI=1S/C9H17N3O3S/c10-3-8(14)12-6-1-2-16-9(15)5-11-4-7(6)13/h6,9,11,15H,1-5,10H2,(H,12,14). The predicted molar refractivity (Wildman–Crippen MR) is 61.9 cm³/mol. The fourth-order valence-corrected chi connectivity index (χ4v) is 2.27. The maximum atomic E-state index is 11.7. The molecule has 2 unspecified atom stereocenters. The molecule has 92 valence electrons. The van der Waals surface area contributed by atoms with E-state index in [0.29, 0.717) is 18.7 Å². The fraction of sp³-hybridized carbons (Fsp3) is 0.778. The molecule has 1 aliphatic heterocycles. The van der Waals surface area contributed by atoms with Crippen LogP contribution in [0.3, 0.4) is 0 Å². The third-order valence-corrected chi connectivity index (χ3v) is 3.27. The Morgan fingerprint density at radius 1 is 1.69 bits per heavy atom. The predicted octanol–water partition coefficient (Wildman–Crippen LogP) is -1.96. The van der Waals surface area contributed by atoms with Crippen LogP contribution >= 0.6 is 11.8 Å². The van der Waals surface area contributed by atoms with Gasteiger partial charge in [0, 0.05) is 6.54 Å². The van der Waals surface area contributed by atoms with Crippen molar-refractivity contribution in [3.8, 4) is 0 Å². The van der Waals surface area contributed by atoms with E-state index in [1.165, 1.54) is 11.8 Å². The Balaban J connectivity index is 2.52. The zero-order chi connectivity index (χ0) is 12.0. The van der Waals surface area contributed by atoms with E-state index < -0.39 is 11.5 Å². The molecule has 0 radical (unpaired) electrons. The summed E-state index contributed by atoms with van der Waals surface area (Å²) in [5, 5.41) is 14.8. The molecule has 1 saturated heterocycles. The molecule has 0 aromatic heterocycles. The van der Waals surface area contributed by atoms with Gasteiger partial charge >= 0.3 is 0 Å². The zero-order valence-corrected chi connectivity index (χ0v) is 9.76. The van der Waals surface area contributed by atoms with Gasteiger partial charge in [-0.3, -0.25) is 9.59 Å². The number of thioether (sulfide) groups is 1. The molecule has 0 aliphatic carbocycles. The Kier molecular flexibility index (Phi) is 5.75. The van der Waals surface area contributed by atoms with Crippen molar-refractivity contribution in [2.75, 3.05) is 25.4 Å². The Bertz CT molecular complexity index is 262. The maximum absolute atomic E-state index is 11.7. The molecule has 7 heteroatoms. The summed E-state index contributed by atoms with van der Waals surface area (Å²) in [4.78, 5) is 22.8. The van der Waals surface area contributed by atoms with Gasteiger partial charge < -0.3 is 21.5 Å². The number of ketones is 1. The molecule has 1 amide bonds. The number of aliphatic hydroxyl groups is 1. The molecule has 16 heavy (non-hydrogen) atoms. The molecule has 1 heterocycles. The first-order chi connectivity index (χ1) is 7.63. The minimum atomic E-state index is -0.503. The molecule has 1 aliphatic rings. The van der Waals surface area contributed by atoms with Crippen LogP contribution < -0.4 is 16.4 Å². The van der Waals surface area contributed by atoms with Crippen LogP contribution in [0.25, 0.3) is 0 Å². The third-order valence-electron chi connectivity index (χ3n) is 2.24. The highest BCUT2D eigenvalue weighted by Crippen LogP contribution is 2.12. The molecule has 0 spiro atoms. The van der Waals surface area contributed by atoms with E-state index in [4.69, 9.17) is 5.73 Å². The summed E-state index contributed by atoms with van der Waals surface area (Å²) in [6.45, 7) is 0.425. The van der Waals surface area contributed by atoms with Gasteiger partial charge in [0.05, 0.1) is 19.1 Å². The number of rotatable bonds is 2. The number of β-amino-alcohol motifs (C(OH)–C–C–N with tert-alkyl or cyclic N) is 1. The van der Waals surface area contributed by atoms with Crippen molar-refractivity contribution in [3.05, 3.63) is 0 Å². The number of nitrogens with two attached hydrogens (primary N) is 1. The van der Waals surface area contributed by atoms with E-state index >= 15 is 0 Å². The van der Waals surface area contributed by atoms with Gasteiger partial charge in [-0.15, -0.1) is 11.8 Å². The SMILES string of the molecule is NCC(=O)NC1CCSC(O)CNCC1=O. The summed E-state index contributed by atoms with van der Waals surface area (Å²) in [5.41, 5.74) is 4.67. The highest BCUT2D eigenvalue weighted by atomic mass is 32.2. The first-order valence-electron chi connectivity index (χ1n) is 5.16. The van der Waals surface area contributed by atoms with E-state index in [2.05, 4.69) is 10.6 Å². The van der Waals surface area contributed by atoms with Gasteiger partial charge in [-0.05, 0) is 12.2 Å². The van der Waals surface area contributed by atoms with Crippen LogP contribution in [0.1, 0.15) is 6.42 Å². The molecule has 5 N–H and O–H groups in total. The Morgan fingerprint density at radius 2 is 2.44 bits per heavy atom. The number of hydrogen-bond acceptors (Lipinski definition) is 6. The zero-order valence-electron chi connectivity index (χ0n) is 8.94. The van der Waals surface area contributed by atoms with Gasteiger partial charge in [-0.25, -0.2) is 0 Å². The van der Waals surface area contributed by atoms with Crippen molar-refractivity contribution < 1.29 is 14.7 Å². The van der Waals surface area contributed by atoms with Crippen molar-refractivity contribution in [3.63, 3.8) is 0 Å². The molecule has 0 aromatic rings. The number of Topliss-reactive ketones (excluding diaryl/α,β-unsaturated/α-hetero) is 1. The van der Waals surface area contributed by atoms with Crippen molar-refractivity contribution in [2.45, 2.75) is 17.9 Å². The van der Waals surface area contributed by atoms with E-state index in [-0.39, 0.29) is 24.8 Å². The molecular weight excluding hydrogens is 230 g/mol. The van der Waals surface area contributed by atoms with Crippen LogP contribution in [0, 0.1) is 0 Å². The van der Waals surface area contributed by atoms with Gasteiger partial charge in [0.1, 0.15) is 5.44 Å². The summed E-state index contributed by atoms with van der Waals surface area (Å²) < 4.78 is 0. The number of carbonyl (C=O) groups excluding carboxylic acids is 2. The monoisotopic (exact) mass is 247 g/mol. The van der Waals surface area contributed by atoms with Gasteiger partial charge in [0.15, 0.2) is 5.78 Å². The molecule has 6 nitrogen and oxygen atoms in total. The minimum absolute atomic E-state index is 0.0727. The summed E-state index contributed by atoms with van der Waals surface area (Å²) in [6.07, 6.45) is 0.522. The van der Waals surface area contributed by atoms with Crippen LogP contribution in [0.15, 0.2) is 0 Å². The smallest absolute Gasteiger partial charge is 0.234 e. The van der Waals surface area contributed by atoms with E-state index in [0.717, 1.165) is 0 Å². The normalized spacial score (nSPS) is 27.8. The van der Waals surface area contributed by atoms with Crippen LogP contribution in [0.4, 0.5) is 0 Å². The molecule has 1 rings (SSSR count). The fourth-order valence-electron chi connectivity index (χ4n) is 1.39. The lowest BCUT2D eigenvalue weighted by molar-refractivity contribution is -0.126. The van der Waals surface area contributed by atoms with Gasteiger partial charge in [0.25, 0.3) is 0 Å². The Labute approximate surface area is 98.3 Å². The first-order valence-corrected chi connectivity index (χ1v) is 6.21. The summed E-state index contributed by atoms with van der Waals surface area (Å²) in [7, 11) is 0. The lowest BCUT2D eigenvalue weighted by Gasteiger charge is -2.15. The van der Waals surface area contributed by atoms with Crippen LogP contribution in [-0.2, 0) is 9.59 Å². The second-order valence-electron chi connectivity index (χ2n) is 3.54. The molecule has 0 aromatic carbocycles. The van der Waals surface area contributed by atoms with Gasteiger partial charge in [-0.1, -0.05) is 0 Å². The largest absolute Gasteiger partial charge is 0.381 e. The molecule has 0 bridgehead atoms. The van der Waals surface area contributed by atoms with E-state index in [1.807, 2.05) is 0 Å².